The molecule has 0 radical (unpaired) electrons. The number of ether oxygens (including phenoxy) is 2. The van der Waals surface area contributed by atoms with Gasteiger partial charge in [0.2, 0.25) is 11.8 Å². The van der Waals surface area contributed by atoms with Crippen molar-refractivity contribution < 1.29 is 19.1 Å². The van der Waals surface area contributed by atoms with E-state index in [1.54, 1.807) is 19.1 Å². The summed E-state index contributed by atoms with van der Waals surface area (Å²) in [5.74, 6) is 1.15. The highest BCUT2D eigenvalue weighted by atomic mass is 79.9. The molecule has 1 heterocycles. The number of nitrogens with zero attached hydrogens (tertiary/aromatic N) is 1. The number of benzene rings is 1. The normalized spacial score (nSPS) is 17.0. The van der Waals surface area contributed by atoms with Crippen LogP contribution in [-0.2, 0) is 16.1 Å². The van der Waals surface area contributed by atoms with Crippen LogP contribution in [0.4, 0.5) is 0 Å². The lowest BCUT2D eigenvalue weighted by atomic mass is 9.91. The molecular formula is C20H29BrN2O4. The molecule has 1 aliphatic rings. The first-order valence-electron chi connectivity index (χ1n) is 9.14. The predicted octanol–water partition coefficient (Wildman–Crippen LogP) is 3.51. The predicted molar refractivity (Wildman–Crippen MR) is 108 cm³/mol. The molecule has 0 bridgehead atoms. The summed E-state index contributed by atoms with van der Waals surface area (Å²) in [7, 11) is 3.15. The van der Waals surface area contributed by atoms with E-state index in [-0.39, 0.29) is 23.3 Å². The molecule has 0 spiro atoms. The molecule has 2 rings (SSSR count). The lowest BCUT2D eigenvalue weighted by Gasteiger charge is -2.27. The third kappa shape index (κ3) is 5.61. The Labute approximate surface area is 169 Å². The fourth-order valence-corrected chi connectivity index (χ4v) is 3.92. The van der Waals surface area contributed by atoms with E-state index in [0.29, 0.717) is 37.4 Å². The van der Waals surface area contributed by atoms with E-state index in [4.69, 9.17) is 9.47 Å². The number of methoxy groups -OCH3 is 2. The van der Waals surface area contributed by atoms with Gasteiger partial charge < -0.3 is 19.7 Å². The zero-order valence-electron chi connectivity index (χ0n) is 16.7. The smallest absolute Gasteiger partial charge is 0.243 e. The molecule has 1 aromatic carbocycles. The van der Waals surface area contributed by atoms with Gasteiger partial charge in [0.25, 0.3) is 0 Å². The first-order valence-corrected chi connectivity index (χ1v) is 9.93. The number of amides is 2. The molecule has 1 saturated heterocycles. The van der Waals surface area contributed by atoms with Gasteiger partial charge in [-0.2, -0.15) is 0 Å². The van der Waals surface area contributed by atoms with Crippen LogP contribution >= 0.6 is 15.9 Å². The zero-order valence-corrected chi connectivity index (χ0v) is 18.3. The number of nitrogens with one attached hydrogen (secondary N) is 1. The quantitative estimate of drug-likeness (QED) is 0.734. The molecule has 2 amide bonds. The second kappa shape index (κ2) is 8.95. The molecule has 0 aliphatic carbocycles. The number of carbonyl (C=O) groups excluding carboxylic acids is 2. The van der Waals surface area contributed by atoms with Gasteiger partial charge in [0.15, 0.2) is 11.5 Å². The van der Waals surface area contributed by atoms with Crippen LogP contribution < -0.4 is 14.8 Å². The molecule has 1 aliphatic heterocycles. The summed E-state index contributed by atoms with van der Waals surface area (Å²) in [5, 5.41) is 2.95. The first-order chi connectivity index (χ1) is 12.7. The molecule has 150 valence electrons. The van der Waals surface area contributed by atoms with Crippen molar-refractivity contribution in [2.45, 2.75) is 52.6 Å². The fourth-order valence-electron chi connectivity index (χ4n) is 3.27. The highest BCUT2D eigenvalue weighted by Crippen LogP contribution is 2.36. The van der Waals surface area contributed by atoms with Gasteiger partial charge in [-0.25, -0.2) is 0 Å². The summed E-state index contributed by atoms with van der Waals surface area (Å²) in [5.41, 5.74) is 0.797. The van der Waals surface area contributed by atoms with Crippen molar-refractivity contribution >= 4 is 27.7 Å². The van der Waals surface area contributed by atoms with Crippen LogP contribution in [0.25, 0.3) is 0 Å². The Morgan fingerprint density at radius 2 is 1.96 bits per heavy atom. The maximum Gasteiger partial charge on any atom is 0.243 e. The third-order valence-corrected chi connectivity index (χ3v) is 5.11. The average molecular weight is 441 g/mol. The van der Waals surface area contributed by atoms with Gasteiger partial charge in [-0.1, -0.05) is 20.8 Å². The van der Waals surface area contributed by atoms with Crippen LogP contribution in [0.15, 0.2) is 16.6 Å². The summed E-state index contributed by atoms with van der Waals surface area (Å²) >= 11 is 3.46. The van der Waals surface area contributed by atoms with Crippen molar-refractivity contribution in [2.24, 2.45) is 5.41 Å². The molecule has 27 heavy (non-hydrogen) atoms. The monoisotopic (exact) mass is 440 g/mol. The zero-order chi connectivity index (χ0) is 20.2. The van der Waals surface area contributed by atoms with Gasteiger partial charge in [-0.05, 0) is 51.9 Å². The Kier molecular flexibility index (Phi) is 7.14. The number of hydrogen-bond donors (Lipinski definition) is 1. The van der Waals surface area contributed by atoms with E-state index in [9.17, 15) is 9.59 Å². The number of hydrogen-bond acceptors (Lipinski definition) is 4. The molecule has 1 fully saturated rings. The molecule has 0 aromatic heterocycles. The maximum absolute atomic E-state index is 12.7. The topological polar surface area (TPSA) is 67.9 Å². The minimum Gasteiger partial charge on any atom is -0.493 e. The second-order valence-electron chi connectivity index (χ2n) is 8.01. The van der Waals surface area contributed by atoms with Crippen molar-refractivity contribution in [3.63, 3.8) is 0 Å². The Hall–Kier alpha value is -1.76. The highest BCUT2D eigenvalue weighted by Gasteiger charge is 2.35. The summed E-state index contributed by atoms with van der Waals surface area (Å²) in [6.45, 7) is 7.10. The fraction of sp³-hybridized carbons (Fsp3) is 0.600. The van der Waals surface area contributed by atoms with Crippen molar-refractivity contribution in [2.75, 3.05) is 20.8 Å². The van der Waals surface area contributed by atoms with E-state index in [0.717, 1.165) is 16.5 Å². The molecule has 0 saturated carbocycles. The van der Waals surface area contributed by atoms with Gasteiger partial charge in [-0.3, -0.25) is 9.59 Å². The minimum absolute atomic E-state index is 0.0500. The lowest BCUT2D eigenvalue weighted by Crippen LogP contribution is -2.46. The summed E-state index contributed by atoms with van der Waals surface area (Å²) in [4.78, 5) is 27.0. The van der Waals surface area contributed by atoms with Crippen LogP contribution in [0.5, 0.6) is 11.5 Å². The number of likely N-dealkylation sites (tertiary alicyclic amines) is 1. The Balaban J connectivity index is 2.02. The summed E-state index contributed by atoms with van der Waals surface area (Å²) in [6, 6.07) is 3.34. The third-order valence-electron chi connectivity index (χ3n) is 4.52. The van der Waals surface area contributed by atoms with Crippen LogP contribution in [-0.4, -0.2) is 43.5 Å². The number of halogens is 1. The molecule has 1 unspecified atom stereocenters. The molecule has 1 atom stereocenters. The largest absolute Gasteiger partial charge is 0.493 e. The molecule has 1 N–H and O–H groups in total. The second-order valence-corrected chi connectivity index (χ2v) is 8.87. The summed E-state index contributed by atoms with van der Waals surface area (Å²) in [6.07, 6.45) is 2.01. The van der Waals surface area contributed by atoms with Gasteiger partial charge in [-0.15, -0.1) is 0 Å². The number of rotatable bonds is 6. The number of carbonyl (C=O) groups is 2. The first kappa shape index (κ1) is 21.5. The van der Waals surface area contributed by atoms with Gasteiger partial charge in [0.05, 0.1) is 18.7 Å². The molecule has 7 heteroatoms. The summed E-state index contributed by atoms with van der Waals surface area (Å²) < 4.78 is 11.4. The van der Waals surface area contributed by atoms with Gasteiger partial charge in [0.1, 0.15) is 6.04 Å². The van der Waals surface area contributed by atoms with Crippen molar-refractivity contribution in [1.82, 2.24) is 10.2 Å². The van der Waals surface area contributed by atoms with Crippen molar-refractivity contribution in [1.29, 1.82) is 0 Å². The van der Waals surface area contributed by atoms with Crippen LogP contribution in [0.3, 0.4) is 0 Å². The maximum atomic E-state index is 12.7. The van der Waals surface area contributed by atoms with Crippen molar-refractivity contribution in [3.05, 3.63) is 22.2 Å². The Morgan fingerprint density at radius 1 is 1.26 bits per heavy atom. The molecule has 6 nitrogen and oxygen atoms in total. The van der Waals surface area contributed by atoms with Crippen LogP contribution in [0, 0.1) is 5.41 Å². The van der Waals surface area contributed by atoms with Crippen LogP contribution in [0.1, 0.15) is 45.6 Å². The van der Waals surface area contributed by atoms with Crippen molar-refractivity contribution in [3.8, 4) is 11.5 Å². The standard InChI is InChI=1S/C20H29BrN2O4/c1-20(2,3)11-17(24)23-8-6-7-15(23)19(25)22-12-13-9-14(21)18(27-5)16(10-13)26-4/h9-10,15H,6-8,11-12H2,1-5H3,(H,22,25). The van der Waals surface area contributed by atoms with E-state index >= 15 is 0 Å². The van der Waals surface area contributed by atoms with Gasteiger partial charge >= 0.3 is 0 Å². The highest BCUT2D eigenvalue weighted by molar-refractivity contribution is 9.10. The Morgan fingerprint density at radius 3 is 2.56 bits per heavy atom. The molecular weight excluding hydrogens is 412 g/mol. The SMILES string of the molecule is COc1cc(CNC(=O)C2CCCN2C(=O)CC(C)(C)C)cc(Br)c1OC. The lowest BCUT2D eigenvalue weighted by molar-refractivity contribution is -0.139. The van der Waals surface area contributed by atoms with E-state index < -0.39 is 0 Å². The average Bonchev–Trinajstić information content (AvgIpc) is 3.07. The van der Waals surface area contributed by atoms with E-state index in [2.05, 4.69) is 21.2 Å². The minimum atomic E-state index is -0.386. The molecule has 1 aromatic rings. The van der Waals surface area contributed by atoms with E-state index in [1.807, 2.05) is 32.9 Å². The Bertz CT molecular complexity index is 700. The van der Waals surface area contributed by atoms with Gasteiger partial charge in [0, 0.05) is 19.5 Å². The van der Waals surface area contributed by atoms with Crippen LogP contribution in [0.2, 0.25) is 0 Å². The van der Waals surface area contributed by atoms with E-state index in [1.165, 1.54) is 0 Å².